The Balaban J connectivity index is 1.99. The highest BCUT2D eigenvalue weighted by Gasteiger charge is 2.33. The number of hydrogen-bond donors (Lipinski definition) is 1. The van der Waals surface area contributed by atoms with Crippen molar-refractivity contribution in [3.63, 3.8) is 0 Å². The van der Waals surface area contributed by atoms with Crippen LogP contribution in [-0.2, 0) is 0 Å². The van der Waals surface area contributed by atoms with E-state index in [0.29, 0.717) is 11.5 Å². The fourth-order valence-corrected chi connectivity index (χ4v) is 3.43. The lowest BCUT2D eigenvalue weighted by Gasteiger charge is -2.38. The Morgan fingerprint density at radius 3 is 2.70 bits per heavy atom. The van der Waals surface area contributed by atoms with Gasteiger partial charge in [-0.25, -0.2) is 0 Å². The first-order valence-electron chi connectivity index (χ1n) is 7.78. The molecular weight excluding hydrogens is 248 g/mol. The maximum atomic E-state index is 6.13. The van der Waals surface area contributed by atoms with Crippen molar-refractivity contribution in [2.75, 3.05) is 0 Å². The summed E-state index contributed by atoms with van der Waals surface area (Å²) in [4.78, 5) is 4.42. The molecule has 0 radical (unpaired) electrons. The predicted molar refractivity (Wildman–Crippen MR) is 82.7 cm³/mol. The van der Waals surface area contributed by atoms with Crippen LogP contribution in [0.25, 0.3) is 0 Å². The van der Waals surface area contributed by atoms with Gasteiger partial charge < -0.3 is 10.5 Å². The number of aromatic nitrogens is 1. The van der Waals surface area contributed by atoms with Crippen molar-refractivity contribution in [3.05, 3.63) is 24.0 Å². The number of rotatable bonds is 4. The van der Waals surface area contributed by atoms with Crippen molar-refractivity contribution in [1.82, 2.24) is 4.98 Å². The summed E-state index contributed by atoms with van der Waals surface area (Å²) in [5.74, 6) is 1.59. The van der Waals surface area contributed by atoms with Gasteiger partial charge in [0.2, 0.25) is 0 Å². The van der Waals surface area contributed by atoms with Crippen molar-refractivity contribution >= 4 is 0 Å². The van der Waals surface area contributed by atoms with Crippen molar-refractivity contribution in [2.24, 2.45) is 17.1 Å². The lowest BCUT2D eigenvalue weighted by atomic mass is 9.71. The van der Waals surface area contributed by atoms with Crippen molar-refractivity contribution in [1.29, 1.82) is 0 Å². The lowest BCUT2D eigenvalue weighted by Crippen LogP contribution is -2.34. The molecule has 0 saturated heterocycles. The number of nitrogens with zero attached hydrogens (tertiary/aromatic N) is 1. The normalized spacial score (nSPS) is 27.1. The second-order valence-corrected chi connectivity index (χ2v) is 7.09. The summed E-state index contributed by atoms with van der Waals surface area (Å²) in [5, 5.41) is 0. The molecule has 1 aliphatic carbocycles. The summed E-state index contributed by atoms with van der Waals surface area (Å²) in [5.41, 5.74) is 7.30. The van der Waals surface area contributed by atoms with E-state index in [1.54, 1.807) is 0 Å². The average molecular weight is 276 g/mol. The molecule has 1 saturated carbocycles. The van der Waals surface area contributed by atoms with Gasteiger partial charge in [-0.15, -0.1) is 0 Å². The fourth-order valence-electron chi connectivity index (χ4n) is 3.43. The van der Waals surface area contributed by atoms with Crippen molar-refractivity contribution in [2.45, 2.75) is 65.5 Å². The minimum absolute atomic E-state index is 0.0256. The summed E-state index contributed by atoms with van der Waals surface area (Å²) in [6.07, 6.45) is 6.57. The second kappa shape index (κ2) is 6.13. The summed E-state index contributed by atoms with van der Waals surface area (Å²) in [7, 11) is 0. The van der Waals surface area contributed by atoms with E-state index >= 15 is 0 Å². The van der Waals surface area contributed by atoms with Crippen molar-refractivity contribution < 1.29 is 4.74 Å². The van der Waals surface area contributed by atoms with Crippen LogP contribution in [0, 0.1) is 11.3 Å². The molecule has 3 atom stereocenters. The van der Waals surface area contributed by atoms with Crippen LogP contribution in [0.3, 0.4) is 0 Å². The zero-order valence-corrected chi connectivity index (χ0v) is 13.2. The molecule has 0 bridgehead atoms. The Hall–Kier alpha value is -1.09. The highest BCUT2D eigenvalue weighted by Crippen LogP contribution is 2.39. The van der Waals surface area contributed by atoms with E-state index in [0.717, 1.165) is 36.6 Å². The third-order valence-corrected chi connectivity index (χ3v) is 4.23. The molecule has 3 nitrogen and oxygen atoms in total. The highest BCUT2D eigenvalue weighted by atomic mass is 16.5. The fraction of sp³-hybridized carbons (Fsp3) is 0.706. The molecule has 2 unspecified atom stereocenters. The lowest BCUT2D eigenvalue weighted by molar-refractivity contribution is 0.0560. The smallest absolute Gasteiger partial charge is 0.138 e. The van der Waals surface area contributed by atoms with Crippen LogP contribution < -0.4 is 10.5 Å². The second-order valence-electron chi connectivity index (χ2n) is 7.09. The van der Waals surface area contributed by atoms with Crippen LogP contribution in [0.15, 0.2) is 18.3 Å². The Morgan fingerprint density at radius 1 is 1.40 bits per heavy atom. The summed E-state index contributed by atoms with van der Waals surface area (Å²) in [6.45, 7) is 9.06. The monoisotopic (exact) mass is 276 g/mol. The summed E-state index contributed by atoms with van der Waals surface area (Å²) < 4.78 is 6.13. The first-order valence-corrected chi connectivity index (χ1v) is 7.78. The van der Waals surface area contributed by atoms with Gasteiger partial charge in [-0.2, -0.15) is 0 Å². The zero-order valence-electron chi connectivity index (χ0n) is 13.2. The Labute approximate surface area is 122 Å². The van der Waals surface area contributed by atoms with Crippen LogP contribution in [0.4, 0.5) is 0 Å². The number of nitrogens with two attached hydrogens (primary N) is 1. The quantitative estimate of drug-likeness (QED) is 0.901. The molecule has 1 aromatic heterocycles. The molecule has 1 heterocycles. The molecule has 1 aliphatic rings. The van der Waals surface area contributed by atoms with E-state index < -0.39 is 0 Å². The number of ether oxygens (including phenoxy) is 1. The molecule has 2 N–H and O–H groups in total. The first kappa shape index (κ1) is 15.3. The van der Waals surface area contributed by atoms with Gasteiger partial charge >= 0.3 is 0 Å². The van der Waals surface area contributed by atoms with Gasteiger partial charge in [0.1, 0.15) is 5.75 Å². The average Bonchev–Trinajstić information content (AvgIpc) is 2.36. The predicted octanol–water partition coefficient (Wildman–Crippen LogP) is 4.09. The molecule has 0 spiro atoms. The molecule has 2 rings (SSSR count). The molecular formula is C17H28N2O. The summed E-state index contributed by atoms with van der Waals surface area (Å²) >= 11 is 0. The Kier molecular flexibility index (Phi) is 4.69. The van der Waals surface area contributed by atoms with E-state index in [-0.39, 0.29) is 6.04 Å². The molecule has 0 amide bonds. The van der Waals surface area contributed by atoms with Crippen LogP contribution >= 0.6 is 0 Å². The molecule has 1 aromatic rings. The molecule has 0 aliphatic heterocycles. The molecule has 3 heteroatoms. The maximum Gasteiger partial charge on any atom is 0.138 e. The van der Waals surface area contributed by atoms with Gasteiger partial charge in [0.05, 0.1) is 18.0 Å². The third-order valence-electron chi connectivity index (χ3n) is 4.23. The number of pyridine rings is 1. The van der Waals surface area contributed by atoms with Gasteiger partial charge in [0.25, 0.3) is 0 Å². The zero-order chi connectivity index (χ0) is 14.8. The van der Waals surface area contributed by atoms with Crippen LogP contribution in [0.2, 0.25) is 0 Å². The van der Waals surface area contributed by atoms with Crippen molar-refractivity contribution in [3.8, 4) is 5.75 Å². The van der Waals surface area contributed by atoms with Gasteiger partial charge in [0, 0.05) is 6.04 Å². The Morgan fingerprint density at radius 2 is 2.15 bits per heavy atom. The first-order chi connectivity index (χ1) is 9.39. The largest absolute Gasteiger partial charge is 0.489 e. The van der Waals surface area contributed by atoms with Crippen LogP contribution in [0.5, 0.6) is 5.75 Å². The molecule has 112 valence electrons. The molecule has 0 aromatic carbocycles. The van der Waals surface area contributed by atoms with E-state index in [4.69, 9.17) is 10.5 Å². The minimum atomic E-state index is 0.0256. The van der Waals surface area contributed by atoms with Crippen LogP contribution in [-0.4, -0.2) is 11.1 Å². The van der Waals surface area contributed by atoms with Gasteiger partial charge in [-0.1, -0.05) is 27.7 Å². The highest BCUT2D eigenvalue weighted by molar-refractivity contribution is 5.21. The number of hydrogen-bond acceptors (Lipinski definition) is 3. The molecule has 20 heavy (non-hydrogen) atoms. The van der Waals surface area contributed by atoms with E-state index in [1.165, 1.54) is 6.42 Å². The summed E-state index contributed by atoms with van der Waals surface area (Å²) in [6, 6.07) is 4.02. The Bertz CT molecular complexity index is 427. The third kappa shape index (κ3) is 3.95. The van der Waals surface area contributed by atoms with Crippen LogP contribution in [0.1, 0.15) is 65.1 Å². The van der Waals surface area contributed by atoms with E-state index in [1.807, 2.05) is 18.3 Å². The van der Waals surface area contributed by atoms with Gasteiger partial charge in [-0.05, 0) is 49.1 Å². The minimum Gasteiger partial charge on any atom is -0.489 e. The van der Waals surface area contributed by atoms with E-state index in [2.05, 4.69) is 32.7 Å². The maximum absolute atomic E-state index is 6.13. The van der Waals surface area contributed by atoms with Gasteiger partial charge in [-0.3, -0.25) is 4.98 Å². The van der Waals surface area contributed by atoms with Gasteiger partial charge in [0.15, 0.2) is 0 Å². The standard InChI is InChI=1S/C17H28N2O/c1-5-15(18)16-7-6-13(11-19-16)20-14-8-12(2)9-17(3,4)10-14/h6-7,11-12,14-15H,5,8-10,18H2,1-4H3/t12?,14?,15-/m0/s1. The SMILES string of the molecule is CC[C@H](N)c1ccc(OC2CC(C)CC(C)(C)C2)cn1. The topological polar surface area (TPSA) is 48.1 Å². The van der Waals surface area contributed by atoms with E-state index in [9.17, 15) is 0 Å². The molecule has 1 fully saturated rings.